The Hall–Kier alpha value is -2.80. The van der Waals surface area contributed by atoms with Crippen molar-refractivity contribution < 1.29 is 14.4 Å². The van der Waals surface area contributed by atoms with Gasteiger partial charge in [-0.15, -0.1) is 0 Å². The molecular formula is C15H13N3O4. The van der Waals surface area contributed by atoms with E-state index in [9.17, 15) is 10.1 Å². The molecule has 112 valence electrons. The Morgan fingerprint density at radius 2 is 1.64 bits per heavy atom. The topological polar surface area (TPSA) is 89.6 Å². The number of non-ortho nitro benzene ring substituents is 1. The van der Waals surface area contributed by atoms with Crippen molar-refractivity contribution in [3.05, 3.63) is 58.6 Å². The average molecular weight is 299 g/mol. The van der Waals surface area contributed by atoms with Gasteiger partial charge in [0.15, 0.2) is 0 Å². The zero-order valence-corrected chi connectivity index (χ0v) is 11.6. The number of ether oxygens (including phenoxy) is 2. The van der Waals surface area contributed by atoms with Gasteiger partial charge in [-0.05, 0) is 36.4 Å². The van der Waals surface area contributed by atoms with Gasteiger partial charge in [0.05, 0.1) is 22.9 Å². The highest BCUT2D eigenvalue weighted by Gasteiger charge is 2.22. The summed E-state index contributed by atoms with van der Waals surface area (Å²) in [5.74, 6) is 0.754. The number of azo groups is 1. The van der Waals surface area contributed by atoms with Crippen LogP contribution in [0.5, 0.6) is 5.75 Å². The van der Waals surface area contributed by atoms with E-state index in [-0.39, 0.29) is 11.8 Å². The number of nitrogens with zero attached hydrogens (tertiary/aromatic N) is 3. The SMILES string of the molecule is O=[N+]([O-])c1ccc(N=Nc2ccc(OC[C@H]3CO3)cc2)cc1. The van der Waals surface area contributed by atoms with Crippen molar-refractivity contribution in [2.75, 3.05) is 13.2 Å². The summed E-state index contributed by atoms with van der Waals surface area (Å²) in [6.07, 6.45) is 0.224. The van der Waals surface area contributed by atoms with Gasteiger partial charge in [-0.2, -0.15) is 10.2 Å². The highest BCUT2D eigenvalue weighted by molar-refractivity contribution is 5.45. The monoisotopic (exact) mass is 299 g/mol. The van der Waals surface area contributed by atoms with Gasteiger partial charge in [0.2, 0.25) is 0 Å². The van der Waals surface area contributed by atoms with Crippen LogP contribution in [0.1, 0.15) is 0 Å². The van der Waals surface area contributed by atoms with Crippen molar-refractivity contribution in [3.8, 4) is 5.75 Å². The molecule has 1 atom stereocenters. The molecule has 1 saturated heterocycles. The number of rotatable bonds is 6. The van der Waals surface area contributed by atoms with E-state index in [2.05, 4.69) is 10.2 Å². The quantitative estimate of drug-likeness (QED) is 0.351. The van der Waals surface area contributed by atoms with Crippen LogP contribution >= 0.6 is 0 Å². The maximum atomic E-state index is 10.6. The van der Waals surface area contributed by atoms with Crippen molar-refractivity contribution in [1.82, 2.24) is 0 Å². The molecule has 1 fully saturated rings. The molecule has 0 N–H and O–H groups in total. The summed E-state index contributed by atoms with van der Waals surface area (Å²) in [5.41, 5.74) is 1.25. The standard InChI is InChI=1S/C15H13N3O4/c19-18(20)13-5-1-11(2-6-13)16-17-12-3-7-14(8-4-12)21-9-15-10-22-15/h1-8,15H,9-10H2/t15-/m0/s1. The van der Waals surface area contributed by atoms with Crippen LogP contribution in [0.3, 0.4) is 0 Å². The lowest BCUT2D eigenvalue weighted by molar-refractivity contribution is -0.384. The lowest BCUT2D eigenvalue weighted by Gasteiger charge is -2.03. The summed E-state index contributed by atoms with van der Waals surface area (Å²) in [7, 11) is 0. The number of benzene rings is 2. The molecule has 22 heavy (non-hydrogen) atoms. The van der Waals surface area contributed by atoms with Crippen molar-refractivity contribution in [2.24, 2.45) is 10.2 Å². The van der Waals surface area contributed by atoms with E-state index in [4.69, 9.17) is 9.47 Å². The van der Waals surface area contributed by atoms with Gasteiger partial charge < -0.3 is 9.47 Å². The minimum absolute atomic E-state index is 0.0279. The van der Waals surface area contributed by atoms with E-state index in [1.165, 1.54) is 12.1 Å². The molecule has 1 aliphatic heterocycles. The summed E-state index contributed by atoms with van der Waals surface area (Å²) < 4.78 is 10.6. The van der Waals surface area contributed by atoms with Crippen molar-refractivity contribution in [2.45, 2.75) is 6.10 Å². The molecule has 2 aromatic rings. The second-order valence-corrected chi connectivity index (χ2v) is 4.73. The minimum atomic E-state index is -0.452. The molecule has 0 spiro atoms. The molecule has 3 rings (SSSR count). The molecule has 0 amide bonds. The molecule has 0 saturated carbocycles. The van der Waals surface area contributed by atoms with Crippen LogP contribution in [0.15, 0.2) is 58.8 Å². The zero-order valence-electron chi connectivity index (χ0n) is 11.6. The normalized spacial score (nSPS) is 16.6. The number of epoxide rings is 1. The number of hydrogen-bond acceptors (Lipinski definition) is 6. The maximum absolute atomic E-state index is 10.6. The second kappa shape index (κ2) is 6.31. The van der Waals surface area contributed by atoms with Crippen LogP contribution in [-0.4, -0.2) is 24.2 Å². The molecule has 0 bridgehead atoms. The second-order valence-electron chi connectivity index (χ2n) is 4.73. The van der Waals surface area contributed by atoms with E-state index in [0.717, 1.165) is 12.4 Å². The number of hydrogen-bond donors (Lipinski definition) is 0. The van der Waals surface area contributed by atoms with Crippen LogP contribution in [-0.2, 0) is 4.74 Å². The molecule has 0 aliphatic carbocycles. The van der Waals surface area contributed by atoms with E-state index < -0.39 is 4.92 Å². The van der Waals surface area contributed by atoms with Crippen molar-refractivity contribution in [1.29, 1.82) is 0 Å². The summed E-state index contributed by atoms with van der Waals surface area (Å²) >= 11 is 0. The molecule has 1 heterocycles. The largest absolute Gasteiger partial charge is 0.491 e. The van der Waals surface area contributed by atoms with Crippen molar-refractivity contribution in [3.63, 3.8) is 0 Å². The average Bonchev–Trinajstić information content (AvgIpc) is 3.36. The van der Waals surface area contributed by atoms with Gasteiger partial charge in [0.25, 0.3) is 5.69 Å². The van der Waals surface area contributed by atoms with Crippen molar-refractivity contribution >= 4 is 17.1 Å². The number of nitro groups is 1. The Labute approximate surface area is 126 Å². The Bertz CT molecular complexity index is 679. The third-order valence-electron chi connectivity index (χ3n) is 3.02. The Kier molecular flexibility index (Phi) is 4.06. The highest BCUT2D eigenvalue weighted by Crippen LogP contribution is 2.23. The fraction of sp³-hybridized carbons (Fsp3) is 0.200. The fourth-order valence-electron chi connectivity index (χ4n) is 1.72. The maximum Gasteiger partial charge on any atom is 0.269 e. The van der Waals surface area contributed by atoms with E-state index in [1.807, 2.05) is 12.1 Å². The van der Waals surface area contributed by atoms with Gasteiger partial charge in [-0.1, -0.05) is 0 Å². The predicted octanol–water partition coefficient (Wildman–Crippen LogP) is 3.79. The first-order valence-electron chi connectivity index (χ1n) is 6.71. The lowest BCUT2D eigenvalue weighted by Crippen LogP contribution is -2.03. The molecule has 0 radical (unpaired) electrons. The van der Waals surface area contributed by atoms with E-state index >= 15 is 0 Å². The molecule has 1 aliphatic rings. The summed E-state index contributed by atoms with van der Waals surface area (Å²) in [6.45, 7) is 1.32. The van der Waals surface area contributed by atoms with Gasteiger partial charge in [0, 0.05) is 12.1 Å². The molecule has 7 nitrogen and oxygen atoms in total. The first-order valence-corrected chi connectivity index (χ1v) is 6.71. The van der Waals surface area contributed by atoms with E-state index in [1.54, 1.807) is 24.3 Å². The van der Waals surface area contributed by atoms with Gasteiger partial charge in [-0.3, -0.25) is 10.1 Å². The smallest absolute Gasteiger partial charge is 0.269 e. The first-order chi connectivity index (χ1) is 10.7. The summed E-state index contributed by atoms with van der Waals surface area (Å²) in [4.78, 5) is 10.1. The van der Waals surface area contributed by atoms with Gasteiger partial charge in [-0.25, -0.2) is 0 Å². The minimum Gasteiger partial charge on any atom is -0.491 e. The van der Waals surface area contributed by atoms with Gasteiger partial charge in [0.1, 0.15) is 18.5 Å². The van der Waals surface area contributed by atoms with Crippen LogP contribution in [0.2, 0.25) is 0 Å². The summed E-state index contributed by atoms with van der Waals surface area (Å²) in [6, 6.07) is 13.1. The third-order valence-corrected chi connectivity index (χ3v) is 3.02. The molecule has 7 heteroatoms. The van der Waals surface area contributed by atoms with Crippen LogP contribution in [0, 0.1) is 10.1 Å². The van der Waals surface area contributed by atoms with Crippen LogP contribution < -0.4 is 4.74 Å². The first kappa shape index (κ1) is 14.2. The fourth-order valence-corrected chi connectivity index (χ4v) is 1.72. The lowest BCUT2D eigenvalue weighted by atomic mass is 10.3. The van der Waals surface area contributed by atoms with Crippen LogP contribution in [0.4, 0.5) is 17.1 Å². The molecular weight excluding hydrogens is 286 g/mol. The predicted molar refractivity (Wildman–Crippen MR) is 78.9 cm³/mol. The van der Waals surface area contributed by atoms with Crippen LogP contribution in [0.25, 0.3) is 0 Å². The van der Waals surface area contributed by atoms with Gasteiger partial charge >= 0.3 is 0 Å². The Morgan fingerprint density at radius 3 is 2.14 bits per heavy atom. The van der Waals surface area contributed by atoms with E-state index in [0.29, 0.717) is 18.0 Å². The Morgan fingerprint density at radius 1 is 1.09 bits per heavy atom. The molecule has 0 aromatic heterocycles. The number of nitro benzene ring substituents is 1. The third kappa shape index (κ3) is 3.86. The Balaban J connectivity index is 1.60. The zero-order chi connectivity index (χ0) is 15.4. The molecule has 0 unspecified atom stereocenters. The highest BCUT2D eigenvalue weighted by atomic mass is 16.6. The molecule has 2 aromatic carbocycles. The summed E-state index contributed by atoms with van der Waals surface area (Å²) in [5, 5.41) is 18.7.